The maximum absolute atomic E-state index is 13.1. The van der Waals surface area contributed by atoms with Gasteiger partial charge in [-0.1, -0.05) is 86.6 Å². The fraction of sp³-hybridized carbons (Fsp3) is 0.240. The molecule has 0 aliphatic rings. The minimum atomic E-state index is -0.113. The van der Waals surface area contributed by atoms with Gasteiger partial charge >= 0.3 is 0 Å². The lowest BCUT2D eigenvalue weighted by Gasteiger charge is -2.22. The normalized spacial score (nSPS) is 11.8. The molecular formula is C25H27NO2. The molecule has 3 nitrogen and oxygen atoms in total. The smallest absolute Gasteiger partial charge is 0.255 e. The summed E-state index contributed by atoms with van der Waals surface area (Å²) in [5.41, 5.74) is 2.75. The average molecular weight is 373 g/mol. The fourth-order valence-corrected chi connectivity index (χ4v) is 3.19. The number of para-hydroxylation sites is 1. The van der Waals surface area contributed by atoms with Crippen LogP contribution in [0.3, 0.4) is 0 Å². The van der Waals surface area contributed by atoms with E-state index in [-0.39, 0.29) is 11.9 Å². The summed E-state index contributed by atoms with van der Waals surface area (Å²) >= 11 is 0. The van der Waals surface area contributed by atoms with Crippen molar-refractivity contribution in [2.45, 2.75) is 32.9 Å². The van der Waals surface area contributed by atoms with E-state index < -0.39 is 0 Å². The third-order valence-electron chi connectivity index (χ3n) is 4.58. The third kappa shape index (κ3) is 5.46. The summed E-state index contributed by atoms with van der Waals surface area (Å²) in [6.45, 7) is 4.76. The molecule has 3 rings (SSSR count). The molecule has 0 aliphatic carbocycles. The van der Waals surface area contributed by atoms with Gasteiger partial charge in [0.15, 0.2) is 0 Å². The second kappa shape index (κ2) is 9.75. The van der Waals surface area contributed by atoms with Crippen LogP contribution in [-0.2, 0) is 6.61 Å². The molecule has 0 saturated heterocycles. The number of ether oxygens (including phenoxy) is 1. The highest BCUT2D eigenvalue weighted by Crippen LogP contribution is 2.24. The monoisotopic (exact) mass is 373 g/mol. The van der Waals surface area contributed by atoms with E-state index >= 15 is 0 Å². The Morgan fingerprint density at radius 2 is 1.46 bits per heavy atom. The molecule has 0 aromatic heterocycles. The number of carbonyl (C=O) groups excluding carboxylic acids is 1. The summed E-state index contributed by atoms with van der Waals surface area (Å²) in [6, 6.07) is 27.5. The van der Waals surface area contributed by atoms with Gasteiger partial charge in [0.1, 0.15) is 12.4 Å². The Bertz CT molecular complexity index is 875. The van der Waals surface area contributed by atoms with E-state index in [1.165, 1.54) is 0 Å². The molecule has 3 aromatic rings. The second-order valence-corrected chi connectivity index (χ2v) is 7.34. The van der Waals surface area contributed by atoms with Crippen LogP contribution in [0.15, 0.2) is 84.9 Å². The summed E-state index contributed by atoms with van der Waals surface area (Å²) in [4.78, 5) is 13.1. The van der Waals surface area contributed by atoms with Crippen LogP contribution in [0, 0.1) is 5.92 Å². The second-order valence-electron chi connectivity index (χ2n) is 7.34. The Hall–Kier alpha value is -3.07. The van der Waals surface area contributed by atoms with E-state index in [4.69, 9.17) is 4.74 Å². The fourth-order valence-electron chi connectivity index (χ4n) is 3.19. The van der Waals surface area contributed by atoms with E-state index in [0.717, 1.165) is 17.5 Å². The lowest BCUT2D eigenvalue weighted by molar-refractivity contribution is 0.0927. The number of rotatable bonds is 8. The maximum atomic E-state index is 13.1. The van der Waals surface area contributed by atoms with Crippen LogP contribution in [0.5, 0.6) is 5.75 Å². The third-order valence-corrected chi connectivity index (χ3v) is 4.58. The molecule has 0 fully saturated rings. The lowest BCUT2D eigenvalue weighted by Crippen LogP contribution is -2.29. The highest BCUT2D eigenvalue weighted by atomic mass is 16.5. The summed E-state index contributed by atoms with van der Waals surface area (Å²) in [5, 5.41) is 3.20. The number of carbonyl (C=O) groups is 1. The molecule has 0 bridgehead atoms. The summed E-state index contributed by atoms with van der Waals surface area (Å²) in [6.07, 6.45) is 0.878. The molecule has 3 heteroatoms. The van der Waals surface area contributed by atoms with Gasteiger partial charge in [-0.05, 0) is 35.6 Å². The summed E-state index contributed by atoms with van der Waals surface area (Å²) in [7, 11) is 0. The zero-order valence-corrected chi connectivity index (χ0v) is 16.5. The molecule has 0 spiro atoms. The van der Waals surface area contributed by atoms with Crippen LogP contribution in [0.2, 0.25) is 0 Å². The first kappa shape index (κ1) is 19.7. The first-order valence-electron chi connectivity index (χ1n) is 9.75. The standard InChI is InChI=1S/C25H27NO2/c1-19(2)17-23(21-13-7-4-8-14-21)26-25(27)22-15-9-10-16-24(22)28-18-20-11-5-3-6-12-20/h3-16,19,23H,17-18H2,1-2H3,(H,26,27). The van der Waals surface area contributed by atoms with Crippen molar-refractivity contribution in [3.05, 3.63) is 102 Å². The maximum Gasteiger partial charge on any atom is 0.255 e. The number of hydrogen-bond donors (Lipinski definition) is 1. The Morgan fingerprint density at radius 3 is 2.14 bits per heavy atom. The molecule has 1 atom stereocenters. The molecule has 0 radical (unpaired) electrons. The van der Waals surface area contributed by atoms with E-state index in [0.29, 0.717) is 23.8 Å². The largest absolute Gasteiger partial charge is 0.488 e. The van der Waals surface area contributed by atoms with Gasteiger partial charge in [-0.2, -0.15) is 0 Å². The van der Waals surface area contributed by atoms with E-state index in [1.807, 2.05) is 72.8 Å². The van der Waals surface area contributed by atoms with Gasteiger partial charge in [-0.3, -0.25) is 4.79 Å². The number of nitrogens with one attached hydrogen (secondary N) is 1. The van der Waals surface area contributed by atoms with Crippen molar-refractivity contribution in [3.63, 3.8) is 0 Å². The van der Waals surface area contributed by atoms with Gasteiger partial charge in [-0.25, -0.2) is 0 Å². The highest BCUT2D eigenvalue weighted by Gasteiger charge is 2.19. The molecule has 1 amide bonds. The van der Waals surface area contributed by atoms with E-state index in [9.17, 15) is 4.79 Å². The zero-order valence-electron chi connectivity index (χ0n) is 16.5. The van der Waals surface area contributed by atoms with Crippen LogP contribution >= 0.6 is 0 Å². The zero-order chi connectivity index (χ0) is 19.8. The van der Waals surface area contributed by atoms with E-state index in [1.54, 1.807) is 0 Å². The van der Waals surface area contributed by atoms with Gasteiger partial charge in [0, 0.05) is 0 Å². The molecule has 1 N–H and O–H groups in total. The van der Waals surface area contributed by atoms with Gasteiger partial charge < -0.3 is 10.1 Å². The van der Waals surface area contributed by atoms with Crippen molar-refractivity contribution < 1.29 is 9.53 Å². The minimum absolute atomic E-state index is 0.0316. The first-order valence-corrected chi connectivity index (χ1v) is 9.75. The Labute approximate surface area is 167 Å². The highest BCUT2D eigenvalue weighted by molar-refractivity contribution is 5.97. The number of hydrogen-bond acceptors (Lipinski definition) is 2. The Morgan fingerprint density at radius 1 is 0.857 bits per heavy atom. The van der Waals surface area contributed by atoms with Crippen LogP contribution in [-0.4, -0.2) is 5.91 Å². The number of benzene rings is 3. The quantitative estimate of drug-likeness (QED) is 0.543. The predicted molar refractivity (Wildman–Crippen MR) is 113 cm³/mol. The molecule has 0 saturated carbocycles. The van der Waals surface area contributed by atoms with Crippen molar-refractivity contribution in [2.24, 2.45) is 5.92 Å². The molecule has 3 aromatic carbocycles. The van der Waals surface area contributed by atoms with Crippen LogP contribution < -0.4 is 10.1 Å². The summed E-state index contributed by atoms with van der Waals surface area (Å²) < 4.78 is 5.95. The first-order chi connectivity index (χ1) is 13.6. The van der Waals surface area contributed by atoms with Crippen LogP contribution in [0.4, 0.5) is 0 Å². The Balaban J connectivity index is 1.75. The van der Waals surface area contributed by atoms with Crippen molar-refractivity contribution in [1.82, 2.24) is 5.32 Å². The van der Waals surface area contributed by atoms with Crippen molar-refractivity contribution in [3.8, 4) is 5.75 Å². The topological polar surface area (TPSA) is 38.3 Å². The van der Waals surface area contributed by atoms with Crippen molar-refractivity contribution in [2.75, 3.05) is 0 Å². The number of amides is 1. The molecule has 0 heterocycles. The van der Waals surface area contributed by atoms with Gasteiger partial charge in [0.2, 0.25) is 0 Å². The lowest BCUT2D eigenvalue weighted by atomic mass is 9.96. The Kier molecular flexibility index (Phi) is 6.85. The predicted octanol–water partition coefficient (Wildman–Crippen LogP) is 5.78. The van der Waals surface area contributed by atoms with Crippen LogP contribution in [0.1, 0.15) is 47.8 Å². The summed E-state index contributed by atoms with van der Waals surface area (Å²) in [5.74, 6) is 0.952. The van der Waals surface area contributed by atoms with Crippen LogP contribution in [0.25, 0.3) is 0 Å². The molecular weight excluding hydrogens is 346 g/mol. The molecule has 28 heavy (non-hydrogen) atoms. The van der Waals surface area contributed by atoms with Gasteiger partial charge in [-0.15, -0.1) is 0 Å². The van der Waals surface area contributed by atoms with Crippen molar-refractivity contribution in [1.29, 1.82) is 0 Å². The average Bonchev–Trinajstić information content (AvgIpc) is 2.73. The van der Waals surface area contributed by atoms with Gasteiger partial charge in [0.25, 0.3) is 5.91 Å². The van der Waals surface area contributed by atoms with Gasteiger partial charge in [0.05, 0.1) is 11.6 Å². The molecule has 1 unspecified atom stereocenters. The van der Waals surface area contributed by atoms with E-state index in [2.05, 4.69) is 31.3 Å². The molecule has 0 aliphatic heterocycles. The molecule has 144 valence electrons. The van der Waals surface area contributed by atoms with Crippen molar-refractivity contribution >= 4 is 5.91 Å². The minimum Gasteiger partial charge on any atom is -0.488 e. The SMILES string of the molecule is CC(C)CC(NC(=O)c1ccccc1OCc1ccccc1)c1ccccc1.